The van der Waals surface area contributed by atoms with Crippen molar-refractivity contribution in [3.8, 4) is 11.5 Å². The highest BCUT2D eigenvalue weighted by Gasteiger charge is 2.37. The van der Waals surface area contributed by atoms with Crippen molar-refractivity contribution < 1.29 is 23.8 Å². The molecule has 0 spiro atoms. The van der Waals surface area contributed by atoms with E-state index in [1.54, 1.807) is 62.8 Å². The van der Waals surface area contributed by atoms with Gasteiger partial charge in [0.05, 0.1) is 14.2 Å². The zero-order valence-corrected chi connectivity index (χ0v) is 12.7. The lowest BCUT2D eigenvalue weighted by atomic mass is 9.96. The van der Waals surface area contributed by atoms with Crippen LogP contribution in [0.4, 0.5) is 0 Å². The van der Waals surface area contributed by atoms with Crippen LogP contribution in [0.1, 0.15) is 15.9 Å². The number of Topliss-reactive ketones (excluding diaryl/α,β-unsaturated/α-hetero) is 1. The minimum Gasteiger partial charge on any atom is -0.497 e. The van der Waals surface area contributed by atoms with Crippen LogP contribution < -0.4 is 9.47 Å². The molecule has 2 aromatic carbocycles. The molecule has 116 valence electrons. The van der Waals surface area contributed by atoms with E-state index in [0.29, 0.717) is 28.4 Å². The highest BCUT2D eigenvalue weighted by molar-refractivity contribution is 6.32. The molecular formula is C18H14O5. The lowest BCUT2D eigenvalue weighted by Crippen LogP contribution is -2.27. The van der Waals surface area contributed by atoms with Crippen molar-refractivity contribution in [1.29, 1.82) is 0 Å². The zero-order valence-electron chi connectivity index (χ0n) is 12.7. The lowest BCUT2D eigenvalue weighted by Gasteiger charge is -2.21. The first-order valence-corrected chi connectivity index (χ1v) is 6.93. The Morgan fingerprint density at radius 1 is 0.870 bits per heavy atom. The van der Waals surface area contributed by atoms with Crippen molar-refractivity contribution in [3.63, 3.8) is 0 Å². The Balaban J connectivity index is 1.94. The molecule has 0 atom stereocenters. The number of ether oxygens (including phenoxy) is 3. The molecule has 0 bridgehead atoms. The van der Waals surface area contributed by atoms with Gasteiger partial charge in [-0.2, -0.15) is 0 Å². The number of hydrogen-bond acceptors (Lipinski definition) is 5. The number of ketones is 1. The van der Waals surface area contributed by atoms with Gasteiger partial charge in [-0.1, -0.05) is 0 Å². The topological polar surface area (TPSA) is 61.8 Å². The number of carbonyl (C=O) groups is 2. The predicted molar refractivity (Wildman–Crippen MR) is 83.3 cm³/mol. The maximum Gasteiger partial charge on any atom is 0.351 e. The SMILES string of the molecule is COc1ccc(C(=O)C2=C(c3ccc(OC)cc3)OC2=O)cc1. The molecule has 3 rings (SSSR count). The van der Waals surface area contributed by atoms with Crippen LogP contribution in [-0.4, -0.2) is 26.0 Å². The number of rotatable bonds is 5. The summed E-state index contributed by atoms with van der Waals surface area (Å²) in [7, 11) is 3.11. The summed E-state index contributed by atoms with van der Waals surface area (Å²) in [5.74, 6) is 0.634. The molecule has 0 fully saturated rings. The van der Waals surface area contributed by atoms with Gasteiger partial charge in [0, 0.05) is 11.1 Å². The summed E-state index contributed by atoms with van der Waals surface area (Å²) >= 11 is 0. The van der Waals surface area contributed by atoms with Crippen LogP contribution in [0.25, 0.3) is 5.76 Å². The molecule has 0 aliphatic carbocycles. The van der Waals surface area contributed by atoms with E-state index < -0.39 is 5.97 Å². The van der Waals surface area contributed by atoms with Gasteiger partial charge in [-0.25, -0.2) is 4.79 Å². The fourth-order valence-electron chi connectivity index (χ4n) is 2.27. The lowest BCUT2D eigenvalue weighted by molar-refractivity contribution is -0.135. The number of esters is 1. The number of benzene rings is 2. The maximum atomic E-state index is 12.5. The molecule has 23 heavy (non-hydrogen) atoms. The van der Waals surface area contributed by atoms with Crippen molar-refractivity contribution in [2.24, 2.45) is 0 Å². The summed E-state index contributed by atoms with van der Waals surface area (Å²) in [5.41, 5.74) is 1.12. The Kier molecular flexibility index (Phi) is 3.85. The van der Waals surface area contributed by atoms with Crippen LogP contribution in [0.3, 0.4) is 0 Å². The Morgan fingerprint density at radius 3 is 1.87 bits per heavy atom. The predicted octanol–water partition coefficient (Wildman–Crippen LogP) is 2.85. The third-order valence-electron chi connectivity index (χ3n) is 3.56. The van der Waals surface area contributed by atoms with E-state index in [1.165, 1.54) is 0 Å². The van der Waals surface area contributed by atoms with Crippen molar-refractivity contribution in [3.05, 3.63) is 65.2 Å². The second kappa shape index (κ2) is 5.96. The average Bonchev–Trinajstić information content (AvgIpc) is 2.59. The monoisotopic (exact) mass is 310 g/mol. The molecule has 0 amide bonds. The summed E-state index contributed by atoms with van der Waals surface area (Å²) in [6, 6.07) is 13.5. The molecule has 0 aromatic heterocycles. The maximum absolute atomic E-state index is 12.5. The normalized spacial score (nSPS) is 13.2. The molecule has 1 aliphatic rings. The molecule has 0 unspecified atom stereocenters. The molecule has 1 heterocycles. The van der Waals surface area contributed by atoms with Crippen molar-refractivity contribution in [1.82, 2.24) is 0 Å². The summed E-state index contributed by atoms with van der Waals surface area (Å²) in [5, 5.41) is 0. The van der Waals surface area contributed by atoms with Crippen molar-refractivity contribution in [2.75, 3.05) is 14.2 Å². The van der Waals surface area contributed by atoms with E-state index in [1.807, 2.05) is 0 Å². The number of carbonyl (C=O) groups excluding carboxylic acids is 2. The fourth-order valence-corrected chi connectivity index (χ4v) is 2.27. The number of hydrogen-bond donors (Lipinski definition) is 0. The molecule has 0 saturated carbocycles. The van der Waals surface area contributed by atoms with Gasteiger partial charge in [-0.3, -0.25) is 4.79 Å². The zero-order chi connectivity index (χ0) is 16.4. The quantitative estimate of drug-likeness (QED) is 0.483. The van der Waals surface area contributed by atoms with E-state index in [4.69, 9.17) is 14.2 Å². The van der Waals surface area contributed by atoms with Gasteiger partial charge in [0.25, 0.3) is 0 Å². The minimum absolute atomic E-state index is 0.0559. The summed E-state index contributed by atoms with van der Waals surface area (Å²) < 4.78 is 15.2. The van der Waals surface area contributed by atoms with Crippen LogP contribution in [0, 0.1) is 0 Å². The van der Waals surface area contributed by atoms with Crippen molar-refractivity contribution >= 4 is 17.5 Å². The van der Waals surface area contributed by atoms with Gasteiger partial charge in [-0.05, 0) is 48.5 Å². The molecule has 0 saturated heterocycles. The molecule has 0 radical (unpaired) electrons. The highest BCUT2D eigenvalue weighted by Crippen LogP contribution is 2.33. The van der Waals surface area contributed by atoms with Crippen LogP contribution in [-0.2, 0) is 9.53 Å². The van der Waals surface area contributed by atoms with Crippen LogP contribution in [0.5, 0.6) is 11.5 Å². The first-order valence-electron chi connectivity index (χ1n) is 6.93. The molecule has 5 nitrogen and oxygen atoms in total. The standard InChI is InChI=1S/C18H14O5/c1-21-13-7-3-11(4-8-13)16(19)15-17(23-18(15)20)12-5-9-14(22-2)10-6-12/h3-10H,1-2H3. The summed E-state index contributed by atoms with van der Waals surface area (Å²) in [6.07, 6.45) is 0. The molecule has 5 heteroatoms. The fraction of sp³-hybridized carbons (Fsp3) is 0.111. The third kappa shape index (κ3) is 2.68. The first-order chi connectivity index (χ1) is 11.1. The Hall–Kier alpha value is -3.08. The highest BCUT2D eigenvalue weighted by atomic mass is 16.6. The van der Waals surface area contributed by atoms with E-state index in [9.17, 15) is 9.59 Å². The van der Waals surface area contributed by atoms with Crippen LogP contribution >= 0.6 is 0 Å². The van der Waals surface area contributed by atoms with Gasteiger partial charge < -0.3 is 14.2 Å². The molecule has 1 aliphatic heterocycles. The Morgan fingerprint density at radius 2 is 1.39 bits per heavy atom. The van der Waals surface area contributed by atoms with Crippen molar-refractivity contribution in [2.45, 2.75) is 0 Å². The molecule has 0 N–H and O–H groups in total. The molecule has 2 aromatic rings. The molecular weight excluding hydrogens is 296 g/mol. The second-order valence-corrected chi connectivity index (χ2v) is 4.88. The first kappa shape index (κ1) is 14.8. The second-order valence-electron chi connectivity index (χ2n) is 4.88. The van der Waals surface area contributed by atoms with Gasteiger partial charge in [0.15, 0.2) is 11.3 Å². The van der Waals surface area contributed by atoms with E-state index in [-0.39, 0.29) is 11.4 Å². The Labute approximate surface area is 133 Å². The van der Waals surface area contributed by atoms with Crippen LogP contribution in [0.2, 0.25) is 0 Å². The average molecular weight is 310 g/mol. The number of cyclic esters (lactones) is 1. The summed E-state index contributed by atoms with van der Waals surface area (Å²) in [4.78, 5) is 24.2. The minimum atomic E-state index is -0.614. The number of methoxy groups -OCH3 is 2. The van der Waals surface area contributed by atoms with Gasteiger partial charge in [-0.15, -0.1) is 0 Å². The van der Waals surface area contributed by atoms with E-state index >= 15 is 0 Å². The van der Waals surface area contributed by atoms with Gasteiger partial charge in [0.2, 0.25) is 5.78 Å². The largest absolute Gasteiger partial charge is 0.497 e. The van der Waals surface area contributed by atoms with Gasteiger partial charge >= 0.3 is 5.97 Å². The van der Waals surface area contributed by atoms with E-state index in [2.05, 4.69) is 0 Å². The van der Waals surface area contributed by atoms with E-state index in [0.717, 1.165) is 0 Å². The summed E-state index contributed by atoms with van der Waals surface area (Å²) in [6.45, 7) is 0. The Bertz CT molecular complexity index is 785. The van der Waals surface area contributed by atoms with Crippen LogP contribution in [0.15, 0.2) is 54.1 Å². The third-order valence-corrected chi connectivity index (χ3v) is 3.56. The van der Waals surface area contributed by atoms with Gasteiger partial charge in [0.1, 0.15) is 11.5 Å². The smallest absolute Gasteiger partial charge is 0.351 e.